The molecular formula is C26H37N3O4. The zero-order chi connectivity index (χ0) is 24.8. The summed E-state index contributed by atoms with van der Waals surface area (Å²) in [6.07, 6.45) is 8.20. The normalized spacial score (nSPS) is 16.0. The van der Waals surface area contributed by atoms with E-state index in [0.717, 1.165) is 25.7 Å². The smallest absolute Gasteiger partial charge is 0.408 e. The number of amides is 3. The van der Waals surface area contributed by atoms with Gasteiger partial charge in [0, 0.05) is 17.6 Å². The van der Waals surface area contributed by atoms with Crippen molar-refractivity contribution in [3.63, 3.8) is 0 Å². The van der Waals surface area contributed by atoms with Crippen molar-refractivity contribution in [1.82, 2.24) is 15.5 Å². The fourth-order valence-electron chi connectivity index (χ4n) is 3.67. The Hall–Kier alpha value is -3.01. The Morgan fingerprint density at radius 2 is 1.76 bits per heavy atom. The highest BCUT2D eigenvalue weighted by molar-refractivity contribution is 5.92. The molecule has 1 fully saturated rings. The van der Waals surface area contributed by atoms with E-state index in [-0.39, 0.29) is 23.9 Å². The fourth-order valence-corrected chi connectivity index (χ4v) is 3.67. The Morgan fingerprint density at radius 1 is 1.15 bits per heavy atom. The molecule has 0 heterocycles. The van der Waals surface area contributed by atoms with Gasteiger partial charge in [-0.3, -0.25) is 9.59 Å². The van der Waals surface area contributed by atoms with Crippen molar-refractivity contribution < 1.29 is 19.1 Å². The van der Waals surface area contributed by atoms with Crippen LogP contribution in [0.25, 0.3) is 0 Å². The van der Waals surface area contributed by atoms with Gasteiger partial charge in [-0.15, -0.1) is 6.42 Å². The second kappa shape index (κ2) is 11.2. The average molecular weight is 456 g/mol. The van der Waals surface area contributed by atoms with Gasteiger partial charge in [-0.05, 0) is 71.6 Å². The van der Waals surface area contributed by atoms with Crippen molar-refractivity contribution >= 4 is 17.9 Å². The molecule has 0 aliphatic heterocycles. The Morgan fingerprint density at radius 3 is 2.24 bits per heavy atom. The molecule has 1 aliphatic rings. The topological polar surface area (TPSA) is 87.7 Å². The van der Waals surface area contributed by atoms with Gasteiger partial charge in [-0.2, -0.15) is 0 Å². The van der Waals surface area contributed by atoms with Crippen LogP contribution in [0.15, 0.2) is 24.3 Å². The number of carbonyl (C=O) groups excluding carboxylic acids is 3. The number of carbonyl (C=O) groups is 3. The molecule has 1 aromatic rings. The van der Waals surface area contributed by atoms with Gasteiger partial charge in [0.15, 0.2) is 0 Å². The lowest BCUT2D eigenvalue weighted by atomic mass is 10.0. The lowest BCUT2D eigenvalue weighted by molar-refractivity contribution is -0.143. The summed E-state index contributed by atoms with van der Waals surface area (Å²) in [7, 11) is 0. The predicted octanol–water partition coefficient (Wildman–Crippen LogP) is 3.92. The molecule has 0 spiro atoms. The quantitative estimate of drug-likeness (QED) is 0.553. The van der Waals surface area contributed by atoms with Gasteiger partial charge >= 0.3 is 6.09 Å². The third-order valence-corrected chi connectivity index (χ3v) is 5.33. The maximum atomic E-state index is 13.5. The summed E-state index contributed by atoms with van der Waals surface area (Å²) in [5.74, 6) is 2.01. The molecule has 0 radical (unpaired) electrons. The number of hydrogen-bond acceptors (Lipinski definition) is 4. The van der Waals surface area contributed by atoms with E-state index in [2.05, 4.69) is 23.5 Å². The molecule has 2 rings (SSSR count). The summed E-state index contributed by atoms with van der Waals surface area (Å²) in [4.78, 5) is 40.8. The first-order valence-corrected chi connectivity index (χ1v) is 11.7. The second-order valence-electron chi connectivity index (χ2n) is 9.71. The number of terminal acetylenes is 1. The van der Waals surface area contributed by atoms with Crippen LogP contribution in [0.4, 0.5) is 4.79 Å². The summed E-state index contributed by atoms with van der Waals surface area (Å²) >= 11 is 0. The molecule has 3 unspecified atom stereocenters. The van der Waals surface area contributed by atoms with E-state index < -0.39 is 23.8 Å². The number of alkyl carbamates (subject to hydrolysis) is 1. The van der Waals surface area contributed by atoms with Gasteiger partial charge in [-0.1, -0.05) is 31.4 Å². The molecule has 7 heteroatoms. The van der Waals surface area contributed by atoms with Crippen LogP contribution in [0, 0.1) is 12.3 Å². The van der Waals surface area contributed by atoms with Crippen molar-refractivity contribution in [1.29, 1.82) is 0 Å². The van der Waals surface area contributed by atoms with E-state index in [1.54, 1.807) is 56.9 Å². The summed E-state index contributed by atoms with van der Waals surface area (Å²) in [6, 6.07) is 5.35. The molecule has 7 nitrogen and oxygen atoms in total. The van der Waals surface area contributed by atoms with Crippen LogP contribution in [0.5, 0.6) is 0 Å². The first-order valence-electron chi connectivity index (χ1n) is 11.7. The summed E-state index contributed by atoms with van der Waals surface area (Å²) in [6.45, 7) is 10.9. The zero-order valence-corrected chi connectivity index (χ0v) is 20.6. The minimum absolute atomic E-state index is 0.0246. The SMILES string of the molecule is C#Cc1ccc(C(C(=O)NC(C)CCC)N(C(=O)C(C)NC(=O)OC(C)(C)C)C2CC2)cc1. The Labute approximate surface area is 197 Å². The van der Waals surface area contributed by atoms with E-state index in [4.69, 9.17) is 11.2 Å². The molecular weight excluding hydrogens is 418 g/mol. The number of ether oxygens (including phenoxy) is 1. The van der Waals surface area contributed by atoms with Crippen molar-refractivity contribution in [3.8, 4) is 12.3 Å². The van der Waals surface area contributed by atoms with E-state index in [1.807, 2.05) is 6.92 Å². The number of benzene rings is 1. The van der Waals surface area contributed by atoms with Crippen LogP contribution in [-0.4, -0.2) is 46.5 Å². The van der Waals surface area contributed by atoms with Crippen molar-refractivity contribution in [2.45, 2.75) is 97.0 Å². The first kappa shape index (κ1) is 26.2. The van der Waals surface area contributed by atoms with Crippen LogP contribution in [0.2, 0.25) is 0 Å². The number of hydrogen-bond donors (Lipinski definition) is 2. The fraction of sp³-hybridized carbons (Fsp3) is 0.577. The first-order chi connectivity index (χ1) is 15.5. The van der Waals surface area contributed by atoms with Crippen LogP contribution in [0.3, 0.4) is 0 Å². The van der Waals surface area contributed by atoms with Gasteiger partial charge < -0.3 is 20.3 Å². The van der Waals surface area contributed by atoms with Gasteiger partial charge in [0.2, 0.25) is 11.8 Å². The molecule has 3 amide bonds. The van der Waals surface area contributed by atoms with Gasteiger partial charge in [0.25, 0.3) is 0 Å². The average Bonchev–Trinajstić information content (AvgIpc) is 3.55. The van der Waals surface area contributed by atoms with E-state index >= 15 is 0 Å². The molecule has 1 saturated carbocycles. The summed E-state index contributed by atoms with van der Waals surface area (Å²) in [5.41, 5.74) is 0.695. The van der Waals surface area contributed by atoms with E-state index in [9.17, 15) is 14.4 Å². The molecule has 0 aromatic heterocycles. The van der Waals surface area contributed by atoms with Crippen molar-refractivity contribution in [2.75, 3.05) is 0 Å². The van der Waals surface area contributed by atoms with Crippen molar-refractivity contribution in [2.24, 2.45) is 0 Å². The van der Waals surface area contributed by atoms with Crippen LogP contribution >= 0.6 is 0 Å². The predicted molar refractivity (Wildman–Crippen MR) is 128 cm³/mol. The molecule has 33 heavy (non-hydrogen) atoms. The Bertz CT molecular complexity index is 878. The molecule has 1 aliphatic carbocycles. The highest BCUT2D eigenvalue weighted by Gasteiger charge is 2.43. The van der Waals surface area contributed by atoms with E-state index in [0.29, 0.717) is 11.1 Å². The molecule has 1 aromatic carbocycles. The number of rotatable bonds is 9. The standard InChI is InChI=1S/C26H37N3O4/c1-8-10-17(3)27-23(30)22(20-13-11-19(9-2)12-14-20)29(21-15-16-21)24(31)18(4)28-25(32)33-26(5,6)7/h2,11-14,17-18,21-22H,8,10,15-16H2,1,3-7H3,(H,27,30)(H,28,32). The zero-order valence-electron chi connectivity index (χ0n) is 20.6. The van der Waals surface area contributed by atoms with Gasteiger partial charge in [-0.25, -0.2) is 4.79 Å². The Balaban J connectivity index is 2.33. The van der Waals surface area contributed by atoms with Crippen LogP contribution in [0.1, 0.15) is 84.4 Å². The third-order valence-electron chi connectivity index (χ3n) is 5.33. The van der Waals surface area contributed by atoms with Crippen LogP contribution < -0.4 is 10.6 Å². The van der Waals surface area contributed by atoms with Crippen molar-refractivity contribution in [3.05, 3.63) is 35.4 Å². The largest absolute Gasteiger partial charge is 0.444 e. The maximum Gasteiger partial charge on any atom is 0.408 e. The monoisotopic (exact) mass is 455 g/mol. The van der Waals surface area contributed by atoms with E-state index in [1.165, 1.54) is 0 Å². The molecule has 3 atom stereocenters. The minimum atomic E-state index is -0.853. The second-order valence-corrected chi connectivity index (χ2v) is 9.71. The summed E-state index contributed by atoms with van der Waals surface area (Å²) < 4.78 is 5.29. The molecule has 0 saturated heterocycles. The maximum absolute atomic E-state index is 13.5. The lowest BCUT2D eigenvalue weighted by Crippen LogP contribution is -2.53. The number of nitrogens with one attached hydrogen (secondary N) is 2. The van der Waals surface area contributed by atoms with Crippen LogP contribution in [-0.2, 0) is 14.3 Å². The lowest BCUT2D eigenvalue weighted by Gasteiger charge is -2.34. The van der Waals surface area contributed by atoms with Gasteiger partial charge in [0.1, 0.15) is 17.7 Å². The highest BCUT2D eigenvalue weighted by Crippen LogP contribution is 2.35. The van der Waals surface area contributed by atoms with Gasteiger partial charge in [0.05, 0.1) is 0 Å². The molecule has 2 N–H and O–H groups in total. The molecule has 0 bridgehead atoms. The third kappa shape index (κ3) is 7.81. The minimum Gasteiger partial charge on any atom is -0.444 e. The Kier molecular flexibility index (Phi) is 8.92. The summed E-state index contributed by atoms with van der Waals surface area (Å²) in [5, 5.41) is 5.66. The molecule has 180 valence electrons. The number of nitrogens with zero attached hydrogens (tertiary/aromatic N) is 1. The highest BCUT2D eigenvalue weighted by atomic mass is 16.6.